The second-order valence-electron chi connectivity index (χ2n) is 2.52. The Morgan fingerprint density at radius 1 is 1.92 bits per heavy atom. The lowest BCUT2D eigenvalue weighted by Gasteiger charge is -2.11. The molecule has 0 saturated carbocycles. The van der Waals surface area contributed by atoms with Gasteiger partial charge in [-0.2, -0.15) is 0 Å². The third-order valence-corrected chi connectivity index (χ3v) is 1.69. The minimum atomic E-state index is -0.0602. The molecule has 1 heterocycles. The first-order valence-electron chi connectivity index (χ1n) is 3.66. The Labute approximate surface area is 71.8 Å². The van der Waals surface area contributed by atoms with Gasteiger partial charge in [0.25, 0.3) is 0 Å². The Balaban J connectivity index is 2.81. The molecule has 0 spiro atoms. The van der Waals surface area contributed by atoms with Gasteiger partial charge in [-0.15, -0.1) is 12.3 Å². The zero-order valence-corrected chi connectivity index (χ0v) is 6.99. The van der Waals surface area contributed by atoms with Crippen LogP contribution in [0.4, 0.5) is 0 Å². The van der Waals surface area contributed by atoms with E-state index < -0.39 is 0 Å². The third-order valence-electron chi connectivity index (χ3n) is 1.69. The number of nitrogens with zero attached hydrogens (tertiary/aromatic N) is 2. The van der Waals surface area contributed by atoms with Crippen LogP contribution < -0.4 is 11.3 Å². The summed E-state index contributed by atoms with van der Waals surface area (Å²) >= 11 is 0. The molecule has 1 unspecified atom stereocenters. The largest absolute Gasteiger partial charge is 0.337 e. The Hall–Kier alpha value is -1.31. The first-order chi connectivity index (χ1) is 5.79. The molecule has 1 atom stereocenters. The van der Waals surface area contributed by atoms with Crippen LogP contribution in [-0.4, -0.2) is 9.55 Å². The number of hydrazine groups is 1. The van der Waals surface area contributed by atoms with Gasteiger partial charge in [0.05, 0.1) is 6.04 Å². The highest BCUT2D eigenvalue weighted by Gasteiger charge is 2.11. The van der Waals surface area contributed by atoms with E-state index in [1.807, 2.05) is 17.8 Å². The van der Waals surface area contributed by atoms with E-state index in [-0.39, 0.29) is 6.04 Å². The second-order valence-corrected chi connectivity index (χ2v) is 2.52. The summed E-state index contributed by atoms with van der Waals surface area (Å²) in [6.45, 7) is 0. The molecule has 0 aliphatic heterocycles. The van der Waals surface area contributed by atoms with Crippen LogP contribution in [0.3, 0.4) is 0 Å². The first-order valence-corrected chi connectivity index (χ1v) is 3.66. The number of terminal acetylenes is 1. The van der Waals surface area contributed by atoms with Gasteiger partial charge in [0.1, 0.15) is 5.82 Å². The molecule has 3 N–H and O–H groups in total. The van der Waals surface area contributed by atoms with Crippen LogP contribution in [0.25, 0.3) is 0 Å². The Morgan fingerprint density at radius 2 is 2.67 bits per heavy atom. The molecule has 4 heteroatoms. The van der Waals surface area contributed by atoms with E-state index in [1.165, 1.54) is 0 Å². The quantitative estimate of drug-likeness (QED) is 0.374. The monoisotopic (exact) mass is 164 g/mol. The maximum absolute atomic E-state index is 5.32. The van der Waals surface area contributed by atoms with Gasteiger partial charge in [-0.1, -0.05) is 0 Å². The fourth-order valence-corrected chi connectivity index (χ4v) is 1.06. The van der Waals surface area contributed by atoms with Gasteiger partial charge in [0.2, 0.25) is 0 Å². The van der Waals surface area contributed by atoms with E-state index in [0.29, 0.717) is 6.42 Å². The van der Waals surface area contributed by atoms with Crippen molar-refractivity contribution >= 4 is 0 Å². The summed E-state index contributed by atoms with van der Waals surface area (Å²) in [5.74, 6) is 8.72. The summed E-state index contributed by atoms with van der Waals surface area (Å²) in [5.41, 5.74) is 2.62. The van der Waals surface area contributed by atoms with Crippen LogP contribution in [0.5, 0.6) is 0 Å². The maximum atomic E-state index is 5.32. The molecule has 1 rings (SSSR count). The van der Waals surface area contributed by atoms with Crippen LogP contribution in [0.1, 0.15) is 18.3 Å². The summed E-state index contributed by atoms with van der Waals surface area (Å²) in [6, 6.07) is -0.0602. The minimum Gasteiger partial charge on any atom is -0.337 e. The van der Waals surface area contributed by atoms with Crippen LogP contribution in [0, 0.1) is 12.3 Å². The van der Waals surface area contributed by atoms with Crippen molar-refractivity contribution in [1.82, 2.24) is 15.0 Å². The summed E-state index contributed by atoms with van der Waals surface area (Å²) in [7, 11) is 1.91. The van der Waals surface area contributed by atoms with Crippen LogP contribution in [0.2, 0.25) is 0 Å². The number of aromatic nitrogens is 2. The van der Waals surface area contributed by atoms with Crippen molar-refractivity contribution in [2.24, 2.45) is 12.9 Å². The van der Waals surface area contributed by atoms with E-state index in [1.54, 1.807) is 6.20 Å². The van der Waals surface area contributed by atoms with Gasteiger partial charge in [-0.3, -0.25) is 5.84 Å². The molecular weight excluding hydrogens is 152 g/mol. The van der Waals surface area contributed by atoms with Crippen molar-refractivity contribution in [1.29, 1.82) is 0 Å². The fourth-order valence-electron chi connectivity index (χ4n) is 1.06. The van der Waals surface area contributed by atoms with Gasteiger partial charge < -0.3 is 4.57 Å². The first kappa shape index (κ1) is 8.78. The zero-order chi connectivity index (χ0) is 8.97. The molecule has 0 fully saturated rings. The molecule has 0 aliphatic carbocycles. The van der Waals surface area contributed by atoms with Crippen molar-refractivity contribution in [2.45, 2.75) is 12.5 Å². The summed E-state index contributed by atoms with van der Waals surface area (Å²) in [6.07, 6.45) is 9.30. The molecule has 1 aromatic rings. The average Bonchev–Trinajstić information content (AvgIpc) is 2.47. The van der Waals surface area contributed by atoms with Gasteiger partial charge >= 0.3 is 0 Å². The van der Waals surface area contributed by atoms with Crippen molar-refractivity contribution in [3.63, 3.8) is 0 Å². The lowest BCUT2D eigenvalue weighted by atomic mass is 10.2. The Bertz CT molecular complexity index is 283. The Morgan fingerprint density at radius 3 is 3.08 bits per heavy atom. The SMILES string of the molecule is C#CCC(NN)c1nccn1C. The predicted octanol–water partition coefficient (Wildman–Crippen LogP) is -0.0522. The highest BCUT2D eigenvalue weighted by molar-refractivity contribution is 5.03. The smallest absolute Gasteiger partial charge is 0.127 e. The molecule has 0 bridgehead atoms. The van der Waals surface area contributed by atoms with Gasteiger partial charge in [0, 0.05) is 25.9 Å². The van der Waals surface area contributed by atoms with Crippen molar-refractivity contribution in [2.75, 3.05) is 0 Å². The standard InChI is InChI=1S/C8H12N4/c1-3-4-7(11-9)8-10-5-6-12(8)2/h1,5-7,11H,4,9H2,2H3. The average molecular weight is 164 g/mol. The molecule has 0 amide bonds. The molecule has 0 saturated heterocycles. The van der Waals surface area contributed by atoms with Crippen LogP contribution >= 0.6 is 0 Å². The summed E-state index contributed by atoms with van der Waals surface area (Å²) in [4.78, 5) is 4.13. The number of nitrogens with one attached hydrogen (secondary N) is 1. The maximum Gasteiger partial charge on any atom is 0.127 e. The second kappa shape index (κ2) is 3.90. The lowest BCUT2D eigenvalue weighted by molar-refractivity contribution is 0.521. The molecular formula is C8H12N4. The summed E-state index contributed by atoms with van der Waals surface area (Å²) in [5, 5.41) is 0. The molecule has 12 heavy (non-hydrogen) atoms. The number of rotatable bonds is 3. The lowest BCUT2D eigenvalue weighted by Crippen LogP contribution is -2.29. The fraction of sp³-hybridized carbons (Fsp3) is 0.375. The van der Waals surface area contributed by atoms with Gasteiger partial charge in [0.15, 0.2) is 0 Å². The van der Waals surface area contributed by atoms with Crippen LogP contribution in [0.15, 0.2) is 12.4 Å². The third kappa shape index (κ3) is 1.64. The number of hydrogen-bond donors (Lipinski definition) is 2. The predicted molar refractivity (Wildman–Crippen MR) is 46.7 cm³/mol. The molecule has 0 aliphatic rings. The van der Waals surface area contributed by atoms with Crippen molar-refractivity contribution in [3.05, 3.63) is 18.2 Å². The topological polar surface area (TPSA) is 55.9 Å². The van der Waals surface area contributed by atoms with Gasteiger partial charge in [-0.05, 0) is 0 Å². The van der Waals surface area contributed by atoms with E-state index >= 15 is 0 Å². The van der Waals surface area contributed by atoms with Gasteiger partial charge in [-0.25, -0.2) is 10.4 Å². The Kier molecular flexibility index (Phi) is 2.86. The molecule has 1 aromatic heterocycles. The molecule has 4 nitrogen and oxygen atoms in total. The highest BCUT2D eigenvalue weighted by atomic mass is 15.3. The van der Waals surface area contributed by atoms with E-state index in [2.05, 4.69) is 16.3 Å². The zero-order valence-electron chi connectivity index (χ0n) is 6.99. The molecule has 0 aromatic carbocycles. The van der Waals surface area contributed by atoms with E-state index in [9.17, 15) is 0 Å². The minimum absolute atomic E-state index is 0.0602. The number of nitrogens with two attached hydrogens (primary N) is 1. The van der Waals surface area contributed by atoms with E-state index in [4.69, 9.17) is 12.3 Å². The molecule has 0 radical (unpaired) electrons. The molecule has 64 valence electrons. The normalized spacial score (nSPS) is 12.4. The number of aryl methyl sites for hydroxylation is 1. The highest BCUT2D eigenvalue weighted by Crippen LogP contribution is 2.11. The number of imidazole rings is 1. The summed E-state index contributed by atoms with van der Waals surface area (Å²) < 4.78 is 1.89. The van der Waals surface area contributed by atoms with Crippen molar-refractivity contribution in [3.8, 4) is 12.3 Å². The van der Waals surface area contributed by atoms with Crippen molar-refractivity contribution < 1.29 is 0 Å². The van der Waals surface area contributed by atoms with Crippen LogP contribution in [-0.2, 0) is 7.05 Å². The van der Waals surface area contributed by atoms with E-state index in [0.717, 1.165) is 5.82 Å². The number of hydrogen-bond acceptors (Lipinski definition) is 3.